The van der Waals surface area contributed by atoms with Crippen LogP contribution in [0.3, 0.4) is 0 Å². The van der Waals surface area contributed by atoms with Gasteiger partial charge in [-0.15, -0.1) is 0 Å². The Labute approximate surface area is 136 Å². The van der Waals surface area contributed by atoms with E-state index in [-0.39, 0.29) is 35.6 Å². The molecule has 4 aliphatic carbocycles. The molecule has 128 valence electrons. The fourth-order valence-electron chi connectivity index (χ4n) is 6.66. The Morgan fingerprint density at radius 1 is 1.13 bits per heavy atom. The maximum absolute atomic E-state index is 14.3. The highest BCUT2D eigenvalue weighted by molar-refractivity contribution is 5.91. The van der Waals surface area contributed by atoms with Crippen LogP contribution in [0.2, 0.25) is 0 Å². The van der Waals surface area contributed by atoms with Crippen LogP contribution in [0.5, 0.6) is 0 Å². The zero-order valence-electron chi connectivity index (χ0n) is 13.7. The van der Waals surface area contributed by atoms with Gasteiger partial charge in [-0.05, 0) is 74.2 Å². The zero-order valence-corrected chi connectivity index (χ0v) is 13.7. The molecule has 0 unspecified atom stereocenters. The topological polar surface area (TPSA) is 37.3 Å². The SMILES string of the molecule is C[C@]12CC[C@H]3[C@@H](CCC4=CC(=O)CC[C@@]43C(F)F)[C@@H]1CC[C@@H]2O. The van der Waals surface area contributed by atoms with Gasteiger partial charge in [0.25, 0.3) is 0 Å². The van der Waals surface area contributed by atoms with Crippen molar-refractivity contribution in [1.82, 2.24) is 0 Å². The first-order chi connectivity index (χ1) is 10.9. The van der Waals surface area contributed by atoms with Crippen molar-refractivity contribution < 1.29 is 18.7 Å². The average Bonchev–Trinajstić information content (AvgIpc) is 2.82. The Kier molecular flexibility index (Phi) is 3.50. The Hall–Kier alpha value is -0.770. The highest BCUT2D eigenvalue weighted by Crippen LogP contribution is 2.66. The molecule has 0 heterocycles. The van der Waals surface area contributed by atoms with E-state index in [1.165, 1.54) is 0 Å². The fraction of sp³-hybridized carbons (Fsp3) is 0.842. The molecule has 4 rings (SSSR count). The minimum Gasteiger partial charge on any atom is -0.393 e. The summed E-state index contributed by atoms with van der Waals surface area (Å²) in [6.45, 7) is 2.16. The third-order valence-corrected chi connectivity index (χ3v) is 7.90. The Morgan fingerprint density at radius 3 is 2.65 bits per heavy atom. The second-order valence-electron chi connectivity index (χ2n) is 8.53. The molecule has 3 saturated carbocycles. The highest BCUT2D eigenvalue weighted by Gasteiger charge is 2.62. The van der Waals surface area contributed by atoms with E-state index < -0.39 is 11.8 Å². The van der Waals surface area contributed by atoms with Crippen molar-refractivity contribution in [2.75, 3.05) is 0 Å². The largest absolute Gasteiger partial charge is 0.393 e. The summed E-state index contributed by atoms with van der Waals surface area (Å²) in [6.07, 6.45) is 4.41. The van der Waals surface area contributed by atoms with Gasteiger partial charge >= 0.3 is 0 Å². The minimum absolute atomic E-state index is 0.0148. The van der Waals surface area contributed by atoms with Crippen LogP contribution in [0, 0.1) is 28.6 Å². The molecule has 1 N–H and O–H groups in total. The van der Waals surface area contributed by atoms with Gasteiger partial charge in [0.15, 0.2) is 5.78 Å². The summed E-state index contributed by atoms with van der Waals surface area (Å²) in [7, 11) is 0. The molecular weight excluding hydrogens is 298 g/mol. The van der Waals surface area contributed by atoms with Crippen LogP contribution in [0.25, 0.3) is 0 Å². The normalized spacial score (nSPS) is 49.4. The quantitative estimate of drug-likeness (QED) is 0.787. The molecule has 3 fully saturated rings. The number of carbonyl (C=O) groups is 1. The number of aliphatic hydroxyl groups excluding tert-OH is 1. The molecule has 0 saturated heterocycles. The van der Waals surface area contributed by atoms with Gasteiger partial charge < -0.3 is 5.11 Å². The first-order valence-corrected chi connectivity index (χ1v) is 9.09. The zero-order chi connectivity index (χ0) is 16.4. The van der Waals surface area contributed by atoms with Crippen molar-refractivity contribution >= 4 is 5.78 Å². The number of hydrogen-bond donors (Lipinski definition) is 1. The molecule has 0 radical (unpaired) electrons. The van der Waals surface area contributed by atoms with E-state index >= 15 is 0 Å². The summed E-state index contributed by atoms with van der Waals surface area (Å²) in [4.78, 5) is 11.8. The molecule has 23 heavy (non-hydrogen) atoms. The van der Waals surface area contributed by atoms with Gasteiger partial charge in [-0.25, -0.2) is 8.78 Å². The fourth-order valence-corrected chi connectivity index (χ4v) is 6.66. The number of hydrogen-bond acceptors (Lipinski definition) is 2. The monoisotopic (exact) mass is 324 g/mol. The van der Waals surface area contributed by atoms with Crippen molar-refractivity contribution in [3.05, 3.63) is 11.6 Å². The summed E-state index contributed by atoms with van der Waals surface area (Å²) in [5.74, 6) is 0.655. The Bertz CT molecular complexity index is 558. The standard InChI is InChI=1S/C19H26F2O2/c1-18-8-7-15-13(14(18)4-5-16(18)23)3-2-11-10-12(22)6-9-19(11,15)17(20)21/h10,13-17,23H,2-9H2,1H3/t13-,14-,15-,16-,18-,19+/m0/s1. The van der Waals surface area contributed by atoms with Crippen LogP contribution in [-0.2, 0) is 4.79 Å². The van der Waals surface area contributed by atoms with Crippen molar-refractivity contribution in [2.24, 2.45) is 28.6 Å². The van der Waals surface area contributed by atoms with Gasteiger partial charge in [0.05, 0.1) is 11.5 Å². The van der Waals surface area contributed by atoms with Crippen LogP contribution in [-0.4, -0.2) is 23.4 Å². The van der Waals surface area contributed by atoms with Crippen molar-refractivity contribution in [3.63, 3.8) is 0 Å². The molecule has 4 heteroatoms. The molecule has 0 bridgehead atoms. The van der Waals surface area contributed by atoms with E-state index in [0.717, 1.165) is 37.7 Å². The van der Waals surface area contributed by atoms with Crippen molar-refractivity contribution in [3.8, 4) is 0 Å². The lowest BCUT2D eigenvalue weighted by Crippen LogP contribution is -2.54. The number of aliphatic hydroxyl groups is 1. The van der Waals surface area contributed by atoms with Gasteiger partial charge in [-0.1, -0.05) is 12.5 Å². The predicted octanol–water partition coefficient (Wildman–Crippen LogP) is 4.12. The van der Waals surface area contributed by atoms with E-state index in [9.17, 15) is 18.7 Å². The summed E-state index contributed by atoms with van der Waals surface area (Å²) in [5.41, 5.74) is -0.422. The van der Waals surface area contributed by atoms with Crippen LogP contribution in [0.4, 0.5) is 8.78 Å². The third kappa shape index (κ3) is 1.96. The lowest BCUT2D eigenvalue weighted by Gasteiger charge is -2.58. The predicted molar refractivity (Wildman–Crippen MR) is 83.0 cm³/mol. The third-order valence-electron chi connectivity index (χ3n) is 7.90. The molecule has 0 amide bonds. The number of fused-ring (bicyclic) bond motifs is 5. The van der Waals surface area contributed by atoms with E-state index in [1.807, 2.05) is 0 Å². The molecule has 6 atom stereocenters. The van der Waals surface area contributed by atoms with Gasteiger partial charge in [0.2, 0.25) is 6.43 Å². The number of rotatable bonds is 1. The second-order valence-corrected chi connectivity index (χ2v) is 8.53. The lowest BCUT2D eigenvalue weighted by molar-refractivity contribution is -0.133. The van der Waals surface area contributed by atoms with E-state index in [1.54, 1.807) is 6.08 Å². The number of ketones is 1. The van der Waals surface area contributed by atoms with Crippen LogP contribution >= 0.6 is 0 Å². The molecule has 2 nitrogen and oxygen atoms in total. The summed E-state index contributed by atoms with van der Waals surface area (Å²) in [5, 5.41) is 10.4. The molecular formula is C19H26F2O2. The van der Waals surface area contributed by atoms with Crippen LogP contribution < -0.4 is 0 Å². The lowest BCUT2D eigenvalue weighted by atomic mass is 9.47. The van der Waals surface area contributed by atoms with Gasteiger partial charge in [0.1, 0.15) is 0 Å². The van der Waals surface area contributed by atoms with Crippen molar-refractivity contribution in [2.45, 2.75) is 70.8 Å². The molecule has 0 spiro atoms. The smallest absolute Gasteiger partial charge is 0.248 e. The number of halogens is 2. The number of carbonyl (C=O) groups excluding carboxylic acids is 1. The van der Waals surface area contributed by atoms with Crippen molar-refractivity contribution in [1.29, 1.82) is 0 Å². The first kappa shape index (κ1) is 15.7. The molecule has 0 aromatic heterocycles. The molecule has 4 aliphatic rings. The van der Waals surface area contributed by atoms with E-state index in [0.29, 0.717) is 18.8 Å². The summed E-state index contributed by atoms with van der Waals surface area (Å²) in [6, 6.07) is 0. The van der Waals surface area contributed by atoms with Crippen LogP contribution in [0.1, 0.15) is 58.3 Å². The highest BCUT2D eigenvalue weighted by atomic mass is 19.3. The molecule has 0 aromatic rings. The number of alkyl halides is 2. The first-order valence-electron chi connectivity index (χ1n) is 9.09. The van der Waals surface area contributed by atoms with Gasteiger partial charge in [-0.3, -0.25) is 4.79 Å². The second kappa shape index (κ2) is 5.11. The van der Waals surface area contributed by atoms with Crippen LogP contribution in [0.15, 0.2) is 11.6 Å². The summed E-state index contributed by atoms with van der Waals surface area (Å²) >= 11 is 0. The van der Waals surface area contributed by atoms with E-state index in [2.05, 4.69) is 6.92 Å². The van der Waals surface area contributed by atoms with Gasteiger partial charge in [0, 0.05) is 6.42 Å². The van der Waals surface area contributed by atoms with Gasteiger partial charge in [-0.2, -0.15) is 0 Å². The average molecular weight is 324 g/mol. The Balaban J connectivity index is 1.74. The maximum atomic E-state index is 14.3. The number of allylic oxidation sites excluding steroid dienone is 1. The molecule has 0 aliphatic heterocycles. The van der Waals surface area contributed by atoms with E-state index in [4.69, 9.17) is 0 Å². The summed E-state index contributed by atoms with van der Waals surface area (Å²) < 4.78 is 28.5. The maximum Gasteiger partial charge on any atom is 0.248 e. The Morgan fingerprint density at radius 2 is 1.91 bits per heavy atom. The molecule has 0 aromatic carbocycles. The minimum atomic E-state index is -2.38.